The van der Waals surface area contributed by atoms with Crippen LogP contribution in [0.15, 0.2) is 29.2 Å². The molecule has 0 heterocycles. The highest BCUT2D eigenvalue weighted by atomic mass is 32.2. The minimum Gasteiger partial charge on any atom is -0.480 e. The van der Waals surface area contributed by atoms with Crippen molar-refractivity contribution in [3.63, 3.8) is 0 Å². The van der Waals surface area contributed by atoms with Crippen molar-refractivity contribution in [3.8, 4) is 0 Å². The highest BCUT2D eigenvalue weighted by Crippen LogP contribution is 2.21. The average molecular weight is 300 g/mol. The van der Waals surface area contributed by atoms with Crippen LogP contribution in [0.4, 0.5) is 5.69 Å². The Morgan fingerprint density at radius 1 is 1.35 bits per heavy atom. The average Bonchev–Trinajstić information content (AvgIpc) is 2.44. The van der Waals surface area contributed by atoms with Crippen LogP contribution in [-0.2, 0) is 14.8 Å². The van der Waals surface area contributed by atoms with E-state index in [-0.39, 0.29) is 17.5 Å². The van der Waals surface area contributed by atoms with Crippen LogP contribution < -0.4 is 9.62 Å². The van der Waals surface area contributed by atoms with Crippen LogP contribution in [-0.4, -0.2) is 39.1 Å². The second-order valence-corrected chi connectivity index (χ2v) is 6.37. The van der Waals surface area contributed by atoms with E-state index in [1.807, 2.05) is 13.8 Å². The van der Waals surface area contributed by atoms with E-state index in [9.17, 15) is 13.2 Å². The standard InChI is InChI=1S/C13H20N2O4S/c1-4-10(2)15(9-13(16)17)11-5-7-12(8-6-11)20(18,19)14-3/h5-8,10,14H,4,9H2,1-3H3,(H,16,17). The first-order valence-electron chi connectivity index (χ1n) is 6.33. The summed E-state index contributed by atoms with van der Waals surface area (Å²) < 4.78 is 25.5. The van der Waals surface area contributed by atoms with Crippen molar-refractivity contribution in [1.82, 2.24) is 4.72 Å². The smallest absolute Gasteiger partial charge is 0.323 e. The van der Waals surface area contributed by atoms with Gasteiger partial charge in [0.15, 0.2) is 0 Å². The van der Waals surface area contributed by atoms with Crippen LogP contribution in [0.5, 0.6) is 0 Å². The van der Waals surface area contributed by atoms with Gasteiger partial charge >= 0.3 is 5.97 Å². The molecule has 1 aromatic rings. The van der Waals surface area contributed by atoms with Gasteiger partial charge < -0.3 is 10.0 Å². The third kappa shape index (κ3) is 3.94. The molecule has 0 saturated heterocycles. The predicted octanol–water partition coefficient (Wildman–Crippen LogP) is 1.28. The summed E-state index contributed by atoms with van der Waals surface area (Å²) in [5.74, 6) is -0.919. The molecule has 0 spiro atoms. The Morgan fingerprint density at radius 3 is 2.30 bits per heavy atom. The Labute approximate surface area is 119 Å². The van der Waals surface area contributed by atoms with Crippen LogP contribution in [0, 0.1) is 0 Å². The maximum Gasteiger partial charge on any atom is 0.323 e. The van der Waals surface area contributed by atoms with Crippen molar-refractivity contribution in [2.75, 3.05) is 18.5 Å². The minimum atomic E-state index is -3.47. The highest BCUT2D eigenvalue weighted by molar-refractivity contribution is 7.89. The summed E-state index contributed by atoms with van der Waals surface area (Å²) in [4.78, 5) is 12.8. The van der Waals surface area contributed by atoms with Crippen molar-refractivity contribution in [2.45, 2.75) is 31.2 Å². The molecule has 0 aromatic heterocycles. The van der Waals surface area contributed by atoms with E-state index < -0.39 is 16.0 Å². The Kier molecular flexibility index (Phi) is 5.52. The summed E-state index contributed by atoms with van der Waals surface area (Å²) >= 11 is 0. The molecule has 1 rings (SSSR count). The van der Waals surface area contributed by atoms with Crippen molar-refractivity contribution in [2.24, 2.45) is 0 Å². The molecule has 7 heteroatoms. The number of aliphatic carboxylic acids is 1. The Balaban J connectivity index is 3.08. The molecule has 1 aromatic carbocycles. The Bertz CT molecular complexity index is 554. The highest BCUT2D eigenvalue weighted by Gasteiger charge is 2.17. The van der Waals surface area contributed by atoms with E-state index in [0.717, 1.165) is 6.42 Å². The van der Waals surface area contributed by atoms with Gasteiger partial charge in [-0.3, -0.25) is 4.79 Å². The number of hydrogen-bond donors (Lipinski definition) is 2. The molecular formula is C13H20N2O4S. The van der Waals surface area contributed by atoms with Crippen LogP contribution in [0.25, 0.3) is 0 Å². The first kappa shape index (κ1) is 16.5. The van der Waals surface area contributed by atoms with Gasteiger partial charge in [-0.05, 0) is 44.7 Å². The molecule has 0 aliphatic carbocycles. The fourth-order valence-electron chi connectivity index (χ4n) is 1.80. The van der Waals surface area contributed by atoms with Crippen LogP contribution in [0.2, 0.25) is 0 Å². The lowest BCUT2D eigenvalue weighted by Gasteiger charge is -2.29. The largest absolute Gasteiger partial charge is 0.480 e. The number of anilines is 1. The number of benzene rings is 1. The van der Waals surface area contributed by atoms with Gasteiger partial charge in [0.25, 0.3) is 0 Å². The monoisotopic (exact) mass is 300 g/mol. The van der Waals surface area contributed by atoms with Crippen molar-refractivity contribution < 1.29 is 18.3 Å². The molecule has 0 amide bonds. The number of carboxylic acid groups (broad SMARTS) is 1. The topological polar surface area (TPSA) is 86.7 Å². The van der Waals surface area contributed by atoms with E-state index >= 15 is 0 Å². The zero-order chi connectivity index (χ0) is 15.3. The summed E-state index contributed by atoms with van der Waals surface area (Å²) in [5, 5.41) is 8.96. The number of carbonyl (C=O) groups is 1. The normalized spacial score (nSPS) is 12.9. The zero-order valence-electron chi connectivity index (χ0n) is 11.8. The maximum atomic E-state index is 11.6. The first-order chi connectivity index (χ1) is 9.31. The van der Waals surface area contributed by atoms with E-state index in [4.69, 9.17) is 5.11 Å². The fraction of sp³-hybridized carbons (Fsp3) is 0.462. The van der Waals surface area contributed by atoms with Crippen molar-refractivity contribution in [3.05, 3.63) is 24.3 Å². The maximum absolute atomic E-state index is 11.6. The molecule has 0 bridgehead atoms. The Morgan fingerprint density at radius 2 is 1.90 bits per heavy atom. The SMILES string of the molecule is CCC(C)N(CC(=O)O)c1ccc(S(=O)(=O)NC)cc1. The lowest BCUT2D eigenvalue weighted by molar-refractivity contribution is -0.135. The first-order valence-corrected chi connectivity index (χ1v) is 7.82. The molecule has 112 valence electrons. The predicted molar refractivity (Wildman–Crippen MR) is 77.4 cm³/mol. The van der Waals surface area contributed by atoms with E-state index in [1.54, 1.807) is 17.0 Å². The third-order valence-corrected chi connectivity index (χ3v) is 4.61. The number of sulfonamides is 1. The molecule has 0 aliphatic rings. The fourth-order valence-corrected chi connectivity index (χ4v) is 2.53. The van der Waals surface area contributed by atoms with E-state index in [2.05, 4.69) is 4.72 Å². The van der Waals surface area contributed by atoms with E-state index in [0.29, 0.717) is 5.69 Å². The van der Waals surface area contributed by atoms with Crippen LogP contribution in [0.3, 0.4) is 0 Å². The van der Waals surface area contributed by atoms with Crippen LogP contribution >= 0.6 is 0 Å². The third-order valence-electron chi connectivity index (χ3n) is 3.18. The second-order valence-electron chi connectivity index (χ2n) is 4.48. The quantitative estimate of drug-likeness (QED) is 0.792. The van der Waals surface area contributed by atoms with Gasteiger partial charge in [0.2, 0.25) is 10.0 Å². The van der Waals surface area contributed by atoms with Gasteiger partial charge in [0, 0.05) is 11.7 Å². The summed E-state index contributed by atoms with van der Waals surface area (Å²) in [5.41, 5.74) is 0.691. The van der Waals surface area contributed by atoms with Gasteiger partial charge in [0.05, 0.1) is 4.90 Å². The van der Waals surface area contributed by atoms with Crippen molar-refractivity contribution in [1.29, 1.82) is 0 Å². The molecule has 1 atom stereocenters. The summed E-state index contributed by atoms with van der Waals surface area (Å²) in [6, 6.07) is 6.24. The molecule has 6 nitrogen and oxygen atoms in total. The molecule has 1 unspecified atom stereocenters. The molecule has 0 aliphatic heterocycles. The lowest BCUT2D eigenvalue weighted by atomic mass is 10.2. The zero-order valence-corrected chi connectivity index (χ0v) is 12.6. The lowest BCUT2D eigenvalue weighted by Crippen LogP contribution is -2.37. The molecular weight excluding hydrogens is 280 g/mol. The van der Waals surface area contributed by atoms with Gasteiger partial charge in [-0.1, -0.05) is 6.92 Å². The summed E-state index contributed by atoms with van der Waals surface area (Å²) in [6.45, 7) is 3.79. The van der Waals surface area contributed by atoms with Crippen molar-refractivity contribution >= 4 is 21.7 Å². The molecule has 2 N–H and O–H groups in total. The Hall–Kier alpha value is -1.60. The molecule has 20 heavy (non-hydrogen) atoms. The van der Waals surface area contributed by atoms with Gasteiger partial charge in [-0.2, -0.15) is 0 Å². The van der Waals surface area contributed by atoms with Gasteiger partial charge in [-0.25, -0.2) is 13.1 Å². The van der Waals surface area contributed by atoms with E-state index in [1.165, 1.54) is 19.2 Å². The van der Waals surface area contributed by atoms with Crippen LogP contribution in [0.1, 0.15) is 20.3 Å². The number of hydrogen-bond acceptors (Lipinski definition) is 4. The number of nitrogens with zero attached hydrogens (tertiary/aromatic N) is 1. The van der Waals surface area contributed by atoms with Gasteiger partial charge in [-0.15, -0.1) is 0 Å². The molecule has 0 fully saturated rings. The summed E-state index contributed by atoms with van der Waals surface area (Å²) in [6.07, 6.45) is 0.795. The van der Waals surface area contributed by atoms with Gasteiger partial charge in [0.1, 0.15) is 6.54 Å². The number of nitrogens with one attached hydrogen (secondary N) is 1. The number of rotatable bonds is 7. The molecule has 0 saturated carbocycles. The molecule has 0 radical (unpaired) electrons. The minimum absolute atomic E-state index is 0.0536. The second kappa shape index (κ2) is 6.71. The summed E-state index contributed by atoms with van der Waals surface area (Å²) in [7, 11) is -2.13. The number of carboxylic acids is 1.